The number of nitrogens with one attached hydrogen (secondary N) is 2. The molecule has 2 rings (SSSR count). The van der Waals surface area contributed by atoms with Crippen LogP contribution in [0.2, 0.25) is 0 Å². The van der Waals surface area contributed by atoms with Gasteiger partial charge >= 0.3 is 0 Å². The predicted octanol–water partition coefficient (Wildman–Crippen LogP) is 0.239. The molecule has 68 valence electrons. The van der Waals surface area contributed by atoms with Gasteiger partial charge in [-0.05, 0) is 25.1 Å². The molecule has 0 saturated heterocycles. The lowest BCUT2D eigenvalue weighted by molar-refractivity contribution is 0.0757. The molecule has 1 aliphatic heterocycles. The number of hydrazine groups is 1. The van der Waals surface area contributed by atoms with Crippen LogP contribution in [-0.2, 0) is 0 Å². The van der Waals surface area contributed by atoms with E-state index in [2.05, 4.69) is 15.8 Å². The van der Waals surface area contributed by atoms with Crippen LogP contribution in [-0.4, -0.2) is 15.8 Å². The minimum Gasteiger partial charge on any atom is -0.371 e. The first kappa shape index (κ1) is 8.22. The monoisotopic (exact) mass is 177 g/mol. The number of pyridine rings is 1. The second-order valence-corrected chi connectivity index (χ2v) is 3.20. The van der Waals surface area contributed by atoms with Gasteiger partial charge in [-0.15, -0.1) is 0 Å². The molecule has 0 spiro atoms. The summed E-state index contributed by atoms with van der Waals surface area (Å²) in [7, 11) is 0. The Labute approximate surface area is 76.3 Å². The van der Waals surface area contributed by atoms with Crippen LogP contribution in [0.4, 0.5) is 0 Å². The highest BCUT2D eigenvalue weighted by molar-refractivity contribution is 5.65. The highest BCUT2D eigenvalue weighted by Crippen LogP contribution is 2.17. The molecule has 4 nitrogen and oxygen atoms in total. The topological polar surface area (TPSA) is 57.2 Å². The van der Waals surface area contributed by atoms with Crippen LogP contribution in [0.3, 0.4) is 0 Å². The fourth-order valence-corrected chi connectivity index (χ4v) is 1.22. The molecular weight excluding hydrogens is 166 g/mol. The molecule has 13 heavy (non-hydrogen) atoms. The van der Waals surface area contributed by atoms with Gasteiger partial charge in [0.2, 0.25) is 0 Å². The molecular formula is C9H11N3O. The standard InChI is InChI=1S/C9H11N3O/c1-9(13)5-8(11-12-9)7-3-2-4-10-6-7/h2-6,11-13H,1H3. The predicted molar refractivity (Wildman–Crippen MR) is 49.1 cm³/mol. The maximum absolute atomic E-state index is 9.56. The highest BCUT2D eigenvalue weighted by atomic mass is 16.3. The molecule has 0 aromatic carbocycles. The minimum atomic E-state index is -0.981. The van der Waals surface area contributed by atoms with E-state index in [1.54, 1.807) is 25.4 Å². The summed E-state index contributed by atoms with van der Waals surface area (Å²) in [5.41, 5.74) is 6.43. The zero-order chi connectivity index (χ0) is 9.31. The van der Waals surface area contributed by atoms with Crippen molar-refractivity contribution >= 4 is 5.70 Å². The summed E-state index contributed by atoms with van der Waals surface area (Å²) in [6.45, 7) is 1.67. The molecule has 3 N–H and O–H groups in total. The van der Waals surface area contributed by atoms with Crippen molar-refractivity contribution in [2.75, 3.05) is 0 Å². The lowest BCUT2D eigenvalue weighted by atomic mass is 10.1. The first-order chi connectivity index (χ1) is 6.17. The van der Waals surface area contributed by atoms with Crippen molar-refractivity contribution in [3.05, 3.63) is 36.2 Å². The van der Waals surface area contributed by atoms with Crippen LogP contribution in [0.25, 0.3) is 5.70 Å². The van der Waals surface area contributed by atoms with Gasteiger partial charge in [0.25, 0.3) is 0 Å². The average molecular weight is 177 g/mol. The lowest BCUT2D eigenvalue weighted by Gasteiger charge is -2.12. The third-order valence-corrected chi connectivity index (χ3v) is 1.85. The van der Waals surface area contributed by atoms with Crippen LogP contribution in [0, 0.1) is 0 Å². The van der Waals surface area contributed by atoms with Gasteiger partial charge in [0, 0.05) is 18.0 Å². The second-order valence-electron chi connectivity index (χ2n) is 3.20. The molecule has 1 aromatic rings. The van der Waals surface area contributed by atoms with E-state index in [4.69, 9.17) is 0 Å². The summed E-state index contributed by atoms with van der Waals surface area (Å²) in [5, 5.41) is 9.56. The second kappa shape index (κ2) is 2.83. The van der Waals surface area contributed by atoms with Crippen molar-refractivity contribution < 1.29 is 5.11 Å². The average Bonchev–Trinajstić information content (AvgIpc) is 2.48. The molecule has 1 aromatic heterocycles. The normalized spacial score (nSPS) is 26.8. The Balaban J connectivity index is 2.30. The Morgan fingerprint density at radius 2 is 2.38 bits per heavy atom. The van der Waals surface area contributed by atoms with Crippen molar-refractivity contribution in [2.24, 2.45) is 0 Å². The number of nitrogens with zero attached hydrogens (tertiary/aromatic N) is 1. The first-order valence-electron chi connectivity index (χ1n) is 4.06. The number of hydrogen-bond acceptors (Lipinski definition) is 4. The Bertz CT molecular complexity index is 332. The van der Waals surface area contributed by atoms with E-state index in [1.807, 2.05) is 12.1 Å². The van der Waals surface area contributed by atoms with Crippen LogP contribution >= 0.6 is 0 Å². The summed E-state index contributed by atoms with van der Waals surface area (Å²) >= 11 is 0. The fourth-order valence-electron chi connectivity index (χ4n) is 1.22. The molecule has 0 fully saturated rings. The van der Waals surface area contributed by atoms with Crippen molar-refractivity contribution in [3.8, 4) is 0 Å². The maximum Gasteiger partial charge on any atom is 0.150 e. The van der Waals surface area contributed by atoms with Crippen molar-refractivity contribution in [1.82, 2.24) is 15.8 Å². The molecule has 1 aliphatic rings. The molecule has 0 aliphatic carbocycles. The van der Waals surface area contributed by atoms with Gasteiger partial charge in [-0.3, -0.25) is 4.98 Å². The molecule has 0 radical (unpaired) electrons. The Kier molecular flexibility index (Phi) is 1.79. The fraction of sp³-hybridized carbons (Fsp3) is 0.222. The van der Waals surface area contributed by atoms with Gasteiger partial charge in [0.15, 0.2) is 5.72 Å². The van der Waals surface area contributed by atoms with Crippen LogP contribution < -0.4 is 10.9 Å². The van der Waals surface area contributed by atoms with Crippen molar-refractivity contribution in [1.29, 1.82) is 0 Å². The zero-order valence-corrected chi connectivity index (χ0v) is 7.28. The van der Waals surface area contributed by atoms with Gasteiger partial charge in [0.1, 0.15) is 0 Å². The van der Waals surface area contributed by atoms with Crippen LogP contribution in [0.1, 0.15) is 12.5 Å². The molecule has 2 heterocycles. The summed E-state index contributed by atoms with van der Waals surface area (Å²) in [6.07, 6.45) is 5.16. The molecule has 1 atom stereocenters. The van der Waals surface area contributed by atoms with E-state index in [1.165, 1.54) is 0 Å². The first-order valence-corrected chi connectivity index (χ1v) is 4.06. The molecule has 0 saturated carbocycles. The quantitative estimate of drug-likeness (QED) is 0.575. The van der Waals surface area contributed by atoms with Crippen molar-refractivity contribution in [2.45, 2.75) is 12.6 Å². The van der Waals surface area contributed by atoms with E-state index in [-0.39, 0.29) is 0 Å². The lowest BCUT2D eigenvalue weighted by Crippen LogP contribution is -2.41. The Morgan fingerprint density at radius 1 is 1.54 bits per heavy atom. The third kappa shape index (κ3) is 1.68. The Hall–Kier alpha value is -1.39. The van der Waals surface area contributed by atoms with Crippen molar-refractivity contribution in [3.63, 3.8) is 0 Å². The summed E-state index contributed by atoms with van der Waals surface area (Å²) in [4.78, 5) is 3.99. The number of hydrogen-bond donors (Lipinski definition) is 3. The van der Waals surface area contributed by atoms with Gasteiger partial charge < -0.3 is 10.5 Å². The highest BCUT2D eigenvalue weighted by Gasteiger charge is 2.24. The molecule has 4 heteroatoms. The Morgan fingerprint density at radius 3 is 2.92 bits per heavy atom. The zero-order valence-electron chi connectivity index (χ0n) is 7.28. The van der Waals surface area contributed by atoms with E-state index in [0.717, 1.165) is 11.3 Å². The smallest absolute Gasteiger partial charge is 0.150 e. The number of aliphatic hydroxyl groups is 1. The summed E-state index contributed by atoms with van der Waals surface area (Å²) < 4.78 is 0. The van der Waals surface area contributed by atoms with Crippen LogP contribution in [0.5, 0.6) is 0 Å². The molecule has 1 unspecified atom stereocenters. The van der Waals surface area contributed by atoms with E-state index >= 15 is 0 Å². The summed E-state index contributed by atoms with van der Waals surface area (Å²) in [6, 6.07) is 3.78. The van der Waals surface area contributed by atoms with E-state index in [0.29, 0.717) is 0 Å². The van der Waals surface area contributed by atoms with Crippen LogP contribution in [0.15, 0.2) is 30.6 Å². The minimum absolute atomic E-state index is 0.845. The van der Waals surface area contributed by atoms with Gasteiger partial charge in [0.05, 0.1) is 5.70 Å². The number of aromatic nitrogens is 1. The maximum atomic E-state index is 9.56. The van der Waals surface area contributed by atoms with Gasteiger partial charge in [-0.1, -0.05) is 0 Å². The molecule has 0 amide bonds. The third-order valence-electron chi connectivity index (χ3n) is 1.85. The van der Waals surface area contributed by atoms with E-state index in [9.17, 15) is 5.11 Å². The SMILES string of the molecule is CC1(O)C=C(c2cccnc2)NN1. The van der Waals surface area contributed by atoms with Gasteiger partial charge in [-0.2, -0.15) is 0 Å². The largest absolute Gasteiger partial charge is 0.371 e. The van der Waals surface area contributed by atoms with Gasteiger partial charge in [-0.25, -0.2) is 5.43 Å². The molecule has 0 bridgehead atoms. The number of rotatable bonds is 1. The van der Waals surface area contributed by atoms with E-state index < -0.39 is 5.72 Å². The summed E-state index contributed by atoms with van der Waals surface area (Å²) in [5.74, 6) is 0.